The van der Waals surface area contributed by atoms with Crippen molar-refractivity contribution >= 4 is 0 Å². The number of allylic oxidation sites excluding steroid dienone is 1. The van der Waals surface area contributed by atoms with Gasteiger partial charge in [0, 0.05) is 6.61 Å². The van der Waals surface area contributed by atoms with Gasteiger partial charge in [-0.1, -0.05) is 19.4 Å². The van der Waals surface area contributed by atoms with Crippen LogP contribution in [0.15, 0.2) is 12.7 Å². The summed E-state index contributed by atoms with van der Waals surface area (Å²) < 4.78 is 5.72. The molecule has 0 radical (unpaired) electrons. The Labute approximate surface area is 75.8 Å². The number of ether oxygens (including phenoxy) is 1. The van der Waals surface area contributed by atoms with Gasteiger partial charge in [-0.25, -0.2) is 0 Å². The monoisotopic (exact) mass is 168 g/mol. The molecule has 0 saturated heterocycles. The molecule has 0 bridgehead atoms. The second-order valence-electron chi connectivity index (χ2n) is 3.66. The van der Waals surface area contributed by atoms with E-state index in [2.05, 4.69) is 19.6 Å². The SMILES string of the molecule is C=CC1CCCC(OCCC)C1. The van der Waals surface area contributed by atoms with Gasteiger partial charge < -0.3 is 4.74 Å². The Morgan fingerprint density at radius 2 is 2.33 bits per heavy atom. The van der Waals surface area contributed by atoms with Crippen molar-refractivity contribution in [1.82, 2.24) is 0 Å². The first-order valence-electron chi connectivity index (χ1n) is 5.11. The maximum absolute atomic E-state index is 5.72. The quantitative estimate of drug-likeness (QED) is 0.586. The molecule has 1 aliphatic carbocycles. The minimum absolute atomic E-state index is 0.515. The summed E-state index contributed by atoms with van der Waals surface area (Å²) in [6.07, 6.45) is 8.81. The third-order valence-electron chi connectivity index (χ3n) is 2.56. The Kier molecular flexibility index (Phi) is 4.37. The van der Waals surface area contributed by atoms with E-state index >= 15 is 0 Å². The summed E-state index contributed by atoms with van der Waals surface area (Å²) in [5.41, 5.74) is 0. The third-order valence-corrected chi connectivity index (χ3v) is 2.56. The summed E-state index contributed by atoms with van der Waals surface area (Å²) in [5.74, 6) is 0.709. The fourth-order valence-electron chi connectivity index (χ4n) is 1.83. The van der Waals surface area contributed by atoms with Gasteiger partial charge in [0.05, 0.1) is 6.10 Å². The fraction of sp³-hybridized carbons (Fsp3) is 0.818. The van der Waals surface area contributed by atoms with E-state index in [0.717, 1.165) is 13.0 Å². The highest BCUT2D eigenvalue weighted by atomic mass is 16.5. The van der Waals surface area contributed by atoms with E-state index < -0.39 is 0 Å². The van der Waals surface area contributed by atoms with Crippen LogP contribution >= 0.6 is 0 Å². The molecule has 12 heavy (non-hydrogen) atoms. The van der Waals surface area contributed by atoms with Crippen LogP contribution in [0.3, 0.4) is 0 Å². The molecule has 2 unspecified atom stereocenters. The highest BCUT2D eigenvalue weighted by Gasteiger charge is 2.19. The molecule has 0 aromatic heterocycles. The van der Waals surface area contributed by atoms with E-state index in [-0.39, 0.29) is 0 Å². The zero-order chi connectivity index (χ0) is 8.81. The summed E-state index contributed by atoms with van der Waals surface area (Å²) >= 11 is 0. The molecule has 0 heterocycles. The van der Waals surface area contributed by atoms with E-state index in [9.17, 15) is 0 Å². The van der Waals surface area contributed by atoms with Crippen molar-refractivity contribution in [2.24, 2.45) is 5.92 Å². The number of hydrogen-bond acceptors (Lipinski definition) is 1. The Morgan fingerprint density at radius 1 is 1.50 bits per heavy atom. The fourth-order valence-corrected chi connectivity index (χ4v) is 1.83. The first-order chi connectivity index (χ1) is 5.86. The second kappa shape index (κ2) is 5.36. The molecule has 1 fully saturated rings. The van der Waals surface area contributed by atoms with Crippen molar-refractivity contribution < 1.29 is 4.74 Å². The minimum Gasteiger partial charge on any atom is -0.378 e. The lowest BCUT2D eigenvalue weighted by atomic mass is 9.87. The van der Waals surface area contributed by atoms with Crippen LogP contribution < -0.4 is 0 Å². The standard InChI is InChI=1S/C11H20O/c1-3-8-12-11-7-5-6-10(4-2)9-11/h4,10-11H,2-3,5-9H2,1H3. The smallest absolute Gasteiger partial charge is 0.0580 e. The van der Waals surface area contributed by atoms with Crippen molar-refractivity contribution in [2.45, 2.75) is 45.1 Å². The minimum atomic E-state index is 0.515. The molecular weight excluding hydrogens is 148 g/mol. The Bertz CT molecular complexity index is 131. The lowest BCUT2D eigenvalue weighted by Gasteiger charge is -2.27. The van der Waals surface area contributed by atoms with Gasteiger partial charge in [0.2, 0.25) is 0 Å². The molecular formula is C11H20O. The van der Waals surface area contributed by atoms with E-state index in [4.69, 9.17) is 4.74 Å². The lowest BCUT2D eigenvalue weighted by molar-refractivity contribution is 0.0196. The van der Waals surface area contributed by atoms with Gasteiger partial charge in [0.15, 0.2) is 0 Å². The molecule has 2 atom stereocenters. The Hall–Kier alpha value is -0.300. The van der Waals surface area contributed by atoms with E-state index in [1.54, 1.807) is 0 Å². The second-order valence-corrected chi connectivity index (χ2v) is 3.66. The maximum atomic E-state index is 5.72. The normalized spacial score (nSPS) is 30.1. The van der Waals surface area contributed by atoms with Crippen molar-refractivity contribution in [2.75, 3.05) is 6.61 Å². The molecule has 1 saturated carbocycles. The van der Waals surface area contributed by atoms with Gasteiger partial charge in [-0.3, -0.25) is 0 Å². The van der Waals surface area contributed by atoms with Crippen LogP contribution in [0, 0.1) is 5.92 Å². The Morgan fingerprint density at radius 3 is 3.00 bits per heavy atom. The van der Waals surface area contributed by atoms with Crippen LogP contribution in [-0.4, -0.2) is 12.7 Å². The predicted molar refractivity (Wildman–Crippen MR) is 52.2 cm³/mol. The van der Waals surface area contributed by atoms with Crippen molar-refractivity contribution in [3.63, 3.8) is 0 Å². The first-order valence-corrected chi connectivity index (χ1v) is 5.11. The molecule has 1 rings (SSSR count). The summed E-state index contributed by atoms with van der Waals surface area (Å²) in [6, 6.07) is 0. The van der Waals surface area contributed by atoms with E-state index in [0.29, 0.717) is 12.0 Å². The topological polar surface area (TPSA) is 9.23 Å². The molecule has 0 amide bonds. The van der Waals surface area contributed by atoms with Crippen molar-refractivity contribution in [3.05, 3.63) is 12.7 Å². The predicted octanol–water partition coefficient (Wildman–Crippen LogP) is 3.16. The van der Waals surface area contributed by atoms with Crippen LogP contribution in [0.2, 0.25) is 0 Å². The van der Waals surface area contributed by atoms with Crippen molar-refractivity contribution in [3.8, 4) is 0 Å². The van der Waals surface area contributed by atoms with Gasteiger partial charge in [-0.15, -0.1) is 6.58 Å². The van der Waals surface area contributed by atoms with E-state index in [1.165, 1.54) is 25.7 Å². The van der Waals surface area contributed by atoms with Gasteiger partial charge in [-0.05, 0) is 31.6 Å². The van der Waals surface area contributed by atoms with Crippen LogP contribution in [0.1, 0.15) is 39.0 Å². The molecule has 1 heteroatoms. The maximum Gasteiger partial charge on any atom is 0.0580 e. The molecule has 0 spiro atoms. The van der Waals surface area contributed by atoms with Crippen LogP contribution in [0.5, 0.6) is 0 Å². The summed E-state index contributed by atoms with van der Waals surface area (Å²) in [7, 11) is 0. The molecule has 0 aliphatic heterocycles. The molecule has 1 aliphatic rings. The number of rotatable bonds is 4. The molecule has 1 nitrogen and oxygen atoms in total. The zero-order valence-electron chi connectivity index (χ0n) is 8.09. The largest absolute Gasteiger partial charge is 0.378 e. The van der Waals surface area contributed by atoms with Gasteiger partial charge in [0.1, 0.15) is 0 Å². The molecule has 0 aromatic rings. The van der Waals surface area contributed by atoms with E-state index in [1.807, 2.05) is 0 Å². The number of hydrogen-bond donors (Lipinski definition) is 0. The summed E-state index contributed by atoms with van der Waals surface area (Å²) in [5, 5.41) is 0. The summed E-state index contributed by atoms with van der Waals surface area (Å²) in [6.45, 7) is 6.93. The zero-order valence-corrected chi connectivity index (χ0v) is 8.09. The third kappa shape index (κ3) is 2.98. The van der Waals surface area contributed by atoms with Gasteiger partial charge in [-0.2, -0.15) is 0 Å². The average molecular weight is 168 g/mol. The van der Waals surface area contributed by atoms with Crippen LogP contribution in [0.4, 0.5) is 0 Å². The van der Waals surface area contributed by atoms with Gasteiger partial charge in [0.25, 0.3) is 0 Å². The van der Waals surface area contributed by atoms with Crippen LogP contribution in [0.25, 0.3) is 0 Å². The molecule has 0 N–H and O–H groups in total. The molecule has 0 aromatic carbocycles. The Balaban J connectivity index is 2.20. The van der Waals surface area contributed by atoms with Crippen LogP contribution in [-0.2, 0) is 4.74 Å². The first kappa shape index (κ1) is 9.79. The molecule has 70 valence electrons. The highest BCUT2D eigenvalue weighted by molar-refractivity contribution is 4.85. The van der Waals surface area contributed by atoms with Crippen molar-refractivity contribution in [1.29, 1.82) is 0 Å². The lowest BCUT2D eigenvalue weighted by Crippen LogP contribution is -2.22. The average Bonchev–Trinajstić information content (AvgIpc) is 2.15. The highest BCUT2D eigenvalue weighted by Crippen LogP contribution is 2.26. The van der Waals surface area contributed by atoms with Gasteiger partial charge >= 0.3 is 0 Å². The summed E-state index contributed by atoms with van der Waals surface area (Å²) in [4.78, 5) is 0.